The summed E-state index contributed by atoms with van der Waals surface area (Å²) < 4.78 is 0. The molecule has 114 valence electrons. The fourth-order valence-corrected chi connectivity index (χ4v) is 3.33. The number of likely N-dealkylation sites (tertiary alicyclic amines) is 2. The van der Waals surface area contributed by atoms with Crippen molar-refractivity contribution in [1.82, 2.24) is 9.80 Å². The standard InChI is InChI=1S/C18H32N2/c1-17(15-19-11-5-3-6-12-19)9-10-18(2)16-20-13-7-4-8-14-20/h9-10H,3-8,11-16H2,1-2H3/b17-9+,18-10+. The van der Waals surface area contributed by atoms with Crippen molar-refractivity contribution >= 4 is 0 Å². The normalized spacial score (nSPS) is 24.1. The highest BCUT2D eigenvalue weighted by Crippen LogP contribution is 2.12. The van der Waals surface area contributed by atoms with Gasteiger partial charge in [0, 0.05) is 13.1 Å². The molecule has 0 atom stereocenters. The number of nitrogens with zero attached hydrogens (tertiary/aromatic N) is 2. The first-order chi connectivity index (χ1) is 9.74. The van der Waals surface area contributed by atoms with E-state index < -0.39 is 0 Å². The minimum Gasteiger partial charge on any atom is -0.299 e. The molecule has 2 heterocycles. The van der Waals surface area contributed by atoms with Crippen molar-refractivity contribution in [2.24, 2.45) is 0 Å². The predicted octanol–water partition coefficient (Wildman–Crippen LogP) is 3.85. The van der Waals surface area contributed by atoms with E-state index in [1.807, 2.05) is 0 Å². The maximum Gasteiger partial charge on any atom is 0.0193 e. The molecule has 2 aliphatic heterocycles. The van der Waals surface area contributed by atoms with E-state index in [1.54, 1.807) is 0 Å². The molecule has 0 N–H and O–H groups in total. The van der Waals surface area contributed by atoms with Gasteiger partial charge in [-0.15, -0.1) is 0 Å². The molecule has 2 rings (SSSR count). The lowest BCUT2D eigenvalue weighted by molar-refractivity contribution is 0.246. The minimum absolute atomic E-state index is 1.16. The van der Waals surface area contributed by atoms with Crippen LogP contribution in [0.2, 0.25) is 0 Å². The molecule has 2 saturated heterocycles. The Morgan fingerprint density at radius 3 is 1.35 bits per heavy atom. The number of rotatable bonds is 5. The van der Waals surface area contributed by atoms with Crippen molar-refractivity contribution in [1.29, 1.82) is 0 Å². The van der Waals surface area contributed by atoms with Crippen LogP contribution in [0.1, 0.15) is 52.4 Å². The third-order valence-corrected chi connectivity index (χ3v) is 4.50. The van der Waals surface area contributed by atoms with Crippen LogP contribution in [0.15, 0.2) is 23.3 Å². The Labute approximate surface area is 125 Å². The molecule has 0 aromatic carbocycles. The molecule has 0 saturated carbocycles. The molecule has 2 nitrogen and oxygen atoms in total. The summed E-state index contributed by atoms with van der Waals surface area (Å²) >= 11 is 0. The second-order valence-electron chi connectivity index (χ2n) is 6.70. The van der Waals surface area contributed by atoms with Crippen LogP contribution in [0.5, 0.6) is 0 Å². The Balaban J connectivity index is 1.74. The van der Waals surface area contributed by atoms with E-state index in [1.165, 1.54) is 75.9 Å². The second kappa shape index (κ2) is 8.63. The van der Waals surface area contributed by atoms with Crippen LogP contribution in [0, 0.1) is 0 Å². The fraction of sp³-hybridized carbons (Fsp3) is 0.778. The Morgan fingerprint density at radius 2 is 1.00 bits per heavy atom. The zero-order chi connectivity index (χ0) is 14.2. The van der Waals surface area contributed by atoms with Crippen LogP contribution in [0.3, 0.4) is 0 Å². The SMILES string of the molecule is C/C(=C\C=C(/C)CN1CCCCC1)CN1CCCCC1. The molecule has 0 unspecified atom stereocenters. The average Bonchev–Trinajstić information content (AvgIpc) is 2.47. The Kier molecular flexibility index (Phi) is 6.81. The summed E-state index contributed by atoms with van der Waals surface area (Å²) in [5.74, 6) is 0. The molecular formula is C18H32N2. The molecular weight excluding hydrogens is 244 g/mol. The van der Waals surface area contributed by atoms with Crippen molar-refractivity contribution in [3.63, 3.8) is 0 Å². The van der Waals surface area contributed by atoms with Gasteiger partial charge < -0.3 is 0 Å². The van der Waals surface area contributed by atoms with E-state index in [-0.39, 0.29) is 0 Å². The number of piperidine rings is 2. The van der Waals surface area contributed by atoms with Gasteiger partial charge in [-0.05, 0) is 65.7 Å². The third-order valence-electron chi connectivity index (χ3n) is 4.50. The first kappa shape index (κ1) is 15.8. The van der Waals surface area contributed by atoms with Crippen LogP contribution in [-0.2, 0) is 0 Å². The largest absolute Gasteiger partial charge is 0.299 e. The highest BCUT2D eigenvalue weighted by atomic mass is 15.1. The first-order valence-electron chi connectivity index (χ1n) is 8.52. The van der Waals surface area contributed by atoms with Gasteiger partial charge in [0.15, 0.2) is 0 Å². The van der Waals surface area contributed by atoms with Crippen LogP contribution in [0.25, 0.3) is 0 Å². The van der Waals surface area contributed by atoms with Crippen molar-refractivity contribution in [2.75, 3.05) is 39.3 Å². The maximum absolute atomic E-state index is 2.60. The molecule has 2 heteroatoms. The van der Waals surface area contributed by atoms with Crippen LogP contribution >= 0.6 is 0 Å². The van der Waals surface area contributed by atoms with E-state index in [9.17, 15) is 0 Å². The average molecular weight is 276 g/mol. The molecule has 0 aliphatic carbocycles. The third kappa shape index (κ3) is 5.80. The van der Waals surface area contributed by atoms with Crippen LogP contribution in [-0.4, -0.2) is 49.1 Å². The Bertz CT molecular complexity index is 297. The van der Waals surface area contributed by atoms with E-state index in [0.29, 0.717) is 0 Å². The first-order valence-corrected chi connectivity index (χ1v) is 8.52. The van der Waals surface area contributed by atoms with Crippen molar-refractivity contribution in [2.45, 2.75) is 52.4 Å². The molecule has 0 aromatic heterocycles. The quantitative estimate of drug-likeness (QED) is 0.704. The van der Waals surface area contributed by atoms with Gasteiger partial charge in [-0.25, -0.2) is 0 Å². The van der Waals surface area contributed by atoms with E-state index in [0.717, 1.165) is 13.1 Å². The number of allylic oxidation sites excluding steroid dienone is 2. The van der Waals surface area contributed by atoms with Crippen LogP contribution in [0.4, 0.5) is 0 Å². The summed E-state index contributed by atoms with van der Waals surface area (Å²) in [5, 5.41) is 0. The smallest absolute Gasteiger partial charge is 0.0193 e. The Morgan fingerprint density at radius 1 is 0.650 bits per heavy atom. The predicted molar refractivity (Wildman–Crippen MR) is 88.1 cm³/mol. The van der Waals surface area contributed by atoms with Gasteiger partial charge in [-0.1, -0.05) is 36.1 Å². The summed E-state index contributed by atoms with van der Waals surface area (Å²) in [6.07, 6.45) is 13.1. The summed E-state index contributed by atoms with van der Waals surface area (Å²) in [5.41, 5.74) is 3.01. The van der Waals surface area contributed by atoms with Gasteiger partial charge in [0.25, 0.3) is 0 Å². The molecule has 2 fully saturated rings. The molecule has 0 aromatic rings. The summed E-state index contributed by atoms with van der Waals surface area (Å²) in [6, 6.07) is 0. The maximum atomic E-state index is 2.60. The minimum atomic E-state index is 1.16. The Hall–Kier alpha value is -0.600. The lowest BCUT2D eigenvalue weighted by atomic mass is 10.1. The molecule has 0 amide bonds. The summed E-state index contributed by atoms with van der Waals surface area (Å²) in [6.45, 7) is 12.0. The number of hydrogen-bond acceptors (Lipinski definition) is 2. The van der Waals surface area contributed by atoms with Gasteiger partial charge in [0.2, 0.25) is 0 Å². The lowest BCUT2D eigenvalue weighted by Crippen LogP contribution is -2.31. The van der Waals surface area contributed by atoms with Gasteiger partial charge in [0.1, 0.15) is 0 Å². The molecule has 0 bridgehead atoms. The van der Waals surface area contributed by atoms with E-state index >= 15 is 0 Å². The fourth-order valence-electron chi connectivity index (χ4n) is 3.33. The topological polar surface area (TPSA) is 6.48 Å². The lowest BCUT2D eigenvalue weighted by Gasteiger charge is -2.27. The van der Waals surface area contributed by atoms with Gasteiger partial charge in [-0.3, -0.25) is 9.80 Å². The molecule has 20 heavy (non-hydrogen) atoms. The van der Waals surface area contributed by atoms with Crippen molar-refractivity contribution in [3.05, 3.63) is 23.3 Å². The summed E-state index contributed by atoms with van der Waals surface area (Å²) in [7, 11) is 0. The van der Waals surface area contributed by atoms with E-state index in [4.69, 9.17) is 0 Å². The monoisotopic (exact) mass is 276 g/mol. The highest BCUT2D eigenvalue weighted by Gasteiger charge is 2.10. The zero-order valence-corrected chi connectivity index (χ0v) is 13.5. The van der Waals surface area contributed by atoms with Gasteiger partial charge in [0.05, 0.1) is 0 Å². The van der Waals surface area contributed by atoms with Gasteiger partial charge >= 0.3 is 0 Å². The summed E-state index contributed by atoms with van der Waals surface area (Å²) in [4.78, 5) is 5.20. The van der Waals surface area contributed by atoms with Crippen molar-refractivity contribution in [3.8, 4) is 0 Å². The molecule has 0 radical (unpaired) electrons. The van der Waals surface area contributed by atoms with Gasteiger partial charge in [-0.2, -0.15) is 0 Å². The highest BCUT2D eigenvalue weighted by molar-refractivity contribution is 5.17. The number of hydrogen-bond donors (Lipinski definition) is 0. The zero-order valence-electron chi connectivity index (χ0n) is 13.5. The van der Waals surface area contributed by atoms with E-state index in [2.05, 4.69) is 35.8 Å². The second-order valence-corrected chi connectivity index (χ2v) is 6.70. The molecule has 2 aliphatic rings. The van der Waals surface area contributed by atoms with Crippen molar-refractivity contribution < 1.29 is 0 Å². The molecule has 0 spiro atoms. The van der Waals surface area contributed by atoms with Crippen LogP contribution < -0.4 is 0 Å².